The maximum absolute atomic E-state index is 12.1. The molecule has 0 amide bonds. The third kappa shape index (κ3) is 4.94. The Morgan fingerprint density at radius 1 is 1.40 bits per heavy atom. The predicted octanol–water partition coefficient (Wildman–Crippen LogP) is 1.73. The molecule has 0 saturated carbocycles. The van der Waals surface area contributed by atoms with Gasteiger partial charge in [0.05, 0.1) is 18.3 Å². The van der Waals surface area contributed by atoms with Crippen LogP contribution in [-0.2, 0) is 26.0 Å². The quantitative estimate of drug-likeness (QED) is 0.613. The molecule has 1 rings (SSSR count). The van der Waals surface area contributed by atoms with Gasteiger partial charge in [0.25, 0.3) is 0 Å². The van der Waals surface area contributed by atoms with Crippen molar-refractivity contribution >= 4 is 22.5 Å². The molecule has 0 spiro atoms. The third-order valence-corrected chi connectivity index (χ3v) is 3.82. The van der Waals surface area contributed by atoms with E-state index >= 15 is 0 Å². The van der Waals surface area contributed by atoms with Crippen LogP contribution in [0.5, 0.6) is 0 Å². The fraction of sp³-hybridized carbons (Fsp3) is 0.500. The number of hydrogen-bond acceptors (Lipinski definition) is 5. The minimum absolute atomic E-state index is 0.228. The Morgan fingerprint density at radius 3 is 2.70 bits per heavy atom. The van der Waals surface area contributed by atoms with Crippen LogP contribution >= 0.6 is 0 Å². The summed E-state index contributed by atoms with van der Waals surface area (Å²) >= 11 is 0. The van der Waals surface area contributed by atoms with Gasteiger partial charge in [-0.15, -0.1) is 0 Å². The molecule has 0 radical (unpaired) electrons. The first-order valence-corrected chi connectivity index (χ1v) is 7.86. The first kappa shape index (κ1) is 16.7. The maximum atomic E-state index is 12.1. The SMILES string of the molecule is COCCS(=O)Cc1cccc(N)c1C(=O)OC(C)C. The summed E-state index contributed by atoms with van der Waals surface area (Å²) in [7, 11) is 0.452. The number of rotatable bonds is 7. The fourth-order valence-electron chi connectivity index (χ4n) is 1.68. The Kier molecular flexibility index (Phi) is 6.67. The minimum atomic E-state index is -1.11. The highest BCUT2D eigenvalue weighted by Crippen LogP contribution is 2.20. The van der Waals surface area contributed by atoms with E-state index < -0.39 is 16.8 Å². The molecule has 6 heteroatoms. The van der Waals surface area contributed by atoms with Crippen LogP contribution in [0.15, 0.2) is 18.2 Å². The van der Waals surface area contributed by atoms with E-state index in [-0.39, 0.29) is 11.9 Å². The molecular weight excluding hydrogens is 278 g/mol. The van der Waals surface area contributed by atoms with E-state index in [4.69, 9.17) is 15.2 Å². The highest BCUT2D eigenvalue weighted by atomic mass is 32.2. The molecular formula is C14H21NO4S. The third-order valence-electron chi connectivity index (χ3n) is 2.56. The van der Waals surface area contributed by atoms with Gasteiger partial charge >= 0.3 is 5.97 Å². The molecule has 0 aliphatic rings. The van der Waals surface area contributed by atoms with Crippen molar-refractivity contribution in [3.8, 4) is 0 Å². The van der Waals surface area contributed by atoms with Gasteiger partial charge in [-0.3, -0.25) is 4.21 Å². The lowest BCUT2D eigenvalue weighted by Gasteiger charge is -2.13. The van der Waals surface area contributed by atoms with E-state index in [1.165, 1.54) is 0 Å². The highest BCUT2D eigenvalue weighted by Gasteiger charge is 2.18. The lowest BCUT2D eigenvalue weighted by atomic mass is 10.1. The molecule has 112 valence electrons. The van der Waals surface area contributed by atoms with Crippen molar-refractivity contribution < 1.29 is 18.5 Å². The lowest BCUT2D eigenvalue weighted by molar-refractivity contribution is 0.0378. The number of nitrogen functional groups attached to an aromatic ring is 1. The smallest absolute Gasteiger partial charge is 0.340 e. The van der Waals surface area contributed by atoms with Gasteiger partial charge in [0.1, 0.15) is 0 Å². The second-order valence-corrected chi connectivity index (χ2v) is 6.19. The molecule has 1 aromatic carbocycles. The molecule has 1 atom stereocenters. The summed E-state index contributed by atoms with van der Waals surface area (Å²) in [5.74, 6) is 0.206. The normalized spacial score (nSPS) is 12.4. The number of methoxy groups -OCH3 is 1. The van der Waals surface area contributed by atoms with E-state index in [9.17, 15) is 9.00 Å². The fourth-order valence-corrected chi connectivity index (χ4v) is 2.77. The van der Waals surface area contributed by atoms with Crippen LogP contribution in [0.2, 0.25) is 0 Å². The zero-order chi connectivity index (χ0) is 15.1. The molecule has 0 aliphatic carbocycles. The van der Waals surface area contributed by atoms with Crippen LogP contribution in [0.25, 0.3) is 0 Å². The Labute approximate surface area is 121 Å². The second kappa shape index (κ2) is 8.01. The number of esters is 1. The number of hydrogen-bond donors (Lipinski definition) is 1. The van der Waals surface area contributed by atoms with E-state index in [2.05, 4.69) is 0 Å². The summed E-state index contributed by atoms with van der Waals surface area (Å²) in [6.07, 6.45) is -0.228. The molecule has 1 unspecified atom stereocenters. The summed E-state index contributed by atoms with van der Waals surface area (Å²) < 4.78 is 22.0. The molecule has 0 saturated heterocycles. The average molecular weight is 299 g/mol. The van der Waals surface area contributed by atoms with Gasteiger partial charge < -0.3 is 15.2 Å². The second-order valence-electron chi connectivity index (χ2n) is 4.62. The van der Waals surface area contributed by atoms with Crippen molar-refractivity contribution in [2.24, 2.45) is 0 Å². The predicted molar refractivity (Wildman–Crippen MR) is 80.0 cm³/mol. The molecule has 20 heavy (non-hydrogen) atoms. The van der Waals surface area contributed by atoms with Crippen LogP contribution in [0.3, 0.4) is 0 Å². The Balaban J connectivity index is 2.93. The Hall–Kier alpha value is -1.40. The number of anilines is 1. The van der Waals surface area contributed by atoms with E-state index in [0.717, 1.165) is 0 Å². The summed E-state index contributed by atoms with van der Waals surface area (Å²) in [5.41, 5.74) is 7.15. The Bertz CT molecular complexity index is 488. The van der Waals surface area contributed by atoms with Crippen molar-refractivity contribution in [1.29, 1.82) is 0 Å². The van der Waals surface area contributed by atoms with Gasteiger partial charge in [-0.25, -0.2) is 4.79 Å². The van der Waals surface area contributed by atoms with E-state index in [1.807, 2.05) is 0 Å². The van der Waals surface area contributed by atoms with Crippen molar-refractivity contribution in [2.75, 3.05) is 25.2 Å². The van der Waals surface area contributed by atoms with E-state index in [0.29, 0.717) is 29.2 Å². The van der Waals surface area contributed by atoms with Gasteiger partial charge in [-0.2, -0.15) is 0 Å². The number of ether oxygens (including phenoxy) is 2. The maximum Gasteiger partial charge on any atom is 0.340 e. The van der Waals surface area contributed by atoms with Crippen molar-refractivity contribution in [3.63, 3.8) is 0 Å². The van der Waals surface area contributed by atoms with Crippen LogP contribution in [0, 0.1) is 0 Å². The summed E-state index contributed by atoms with van der Waals surface area (Å²) in [6, 6.07) is 5.13. The summed E-state index contributed by atoms with van der Waals surface area (Å²) in [4.78, 5) is 12.1. The largest absolute Gasteiger partial charge is 0.459 e. The monoisotopic (exact) mass is 299 g/mol. The Morgan fingerprint density at radius 2 is 2.10 bits per heavy atom. The number of carbonyl (C=O) groups is 1. The van der Waals surface area contributed by atoms with Crippen LogP contribution < -0.4 is 5.73 Å². The zero-order valence-electron chi connectivity index (χ0n) is 12.0. The van der Waals surface area contributed by atoms with Gasteiger partial charge in [0.2, 0.25) is 0 Å². The summed E-state index contributed by atoms with van der Waals surface area (Å²) in [6.45, 7) is 3.96. The molecule has 5 nitrogen and oxygen atoms in total. The molecule has 0 heterocycles. The molecule has 0 aliphatic heterocycles. The number of carbonyl (C=O) groups excluding carboxylic acids is 1. The average Bonchev–Trinajstić information content (AvgIpc) is 2.35. The van der Waals surface area contributed by atoms with Crippen LogP contribution in [-0.4, -0.2) is 35.8 Å². The lowest BCUT2D eigenvalue weighted by Crippen LogP contribution is -2.17. The first-order valence-electron chi connectivity index (χ1n) is 6.38. The minimum Gasteiger partial charge on any atom is -0.459 e. The van der Waals surface area contributed by atoms with E-state index in [1.54, 1.807) is 39.2 Å². The summed E-state index contributed by atoms with van der Waals surface area (Å²) in [5, 5.41) is 0. The molecule has 0 fully saturated rings. The van der Waals surface area contributed by atoms with Gasteiger partial charge in [-0.1, -0.05) is 12.1 Å². The van der Waals surface area contributed by atoms with Gasteiger partial charge in [0.15, 0.2) is 0 Å². The van der Waals surface area contributed by atoms with Crippen molar-refractivity contribution in [2.45, 2.75) is 25.7 Å². The van der Waals surface area contributed by atoms with Gasteiger partial charge in [-0.05, 0) is 25.5 Å². The topological polar surface area (TPSA) is 78.6 Å². The molecule has 0 bridgehead atoms. The molecule has 0 aromatic heterocycles. The van der Waals surface area contributed by atoms with Gasteiger partial charge in [0, 0.05) is 35.1 Å². The first-order chi connectivity index (χ1) is 9.45. The zero-order valence-corrected chi connectivity index (χ0v) is 12.9. The van der Waals surface area contributed by atoms with Crippen molar-refractivity contribution in [1.82, 2.24) is 0 Å². The molecule has 1 aromatic rings. The van der Waals surface area contributed by atoms with Crippen LogP contribution in [0.1, 0.15) is 29.8 Å². The van der Waals surface area contributed by atoms with Crippen LogP contribution in [0.4, 0.5) is 5.69 Å². The highest BCUT2D eigenvalue weighted by molar-refractivity contribution is 7.84. The van der Waals surface area contributed by atoms with Crippen molar-refractivity contribution in [3.05, 3.63) is 29.3 Å². The molecule has 2 N–H and O–H groups in total. The number of benzene rings is 1. The standard InChI is InChI=1S/C14H21NO4S/c1-10(2)19-14(16)13-11(5-4-6-12(13)15)9-20(17)8-7-18-3/h4-6,10H,7-9,15H2,1-3H3. The number of nitrogens with two attached hydrogens (primary N) is 1.